The summed E-state index contributed by atoms with van der Waals surface area (Å²) in [6, 6.07) is 18.3. The zero-order chi connectivity index (χ0) is 24.9. The van der Waals surface area contributed by atoms with Crippen molar-refractivity contribution in [3.63, 3.8) is 0 Å². The molecule has 3 N–H and O–H groups in total. The van der Waals surface area contributed by atoms with Gasteiger partial charge in [-0.2, -0.15) is 0 Å². The van der Waals surface area contributed by atoms with E-state index < -0.39 is 5.97 Å². The molecule has 0 aromatic heterocycles. The van der Waals surface area contributed by atoms with Crippen LogP contribution in [0.5, 0.6) is 5.75 Å². The molecular weight excluding hydrogens is 446 g/mol. The maximum atomic E-state index is 12.7. The molecule has 4 rings (SSSR count). The smallest absolute Gasteiger partial charge is 0.323 e. The van der Waals surface area contributed by atoms with Crippen molar-refractivity contribution < 1.29 is 24.2 Å². The fourth-order valence-corrected chi connectivity index (χ4v) is 4.11. The molecule has 3 aromatic carbocycles. The lowest BCUT2D eigenvalue weighted by atomic mass is 9.94. The highest BCUT2D eigenvalue weighted by Gasteiger charge is 2.24. The molecule has 0 radical (unpaired) electrons. The van der Waals surface area contributed by atoms with Crippen LogP contribution >= 0.6 is 0 Å². The lowest BCUT2D eigenvalue weighted by Crippen LogP contribution is -2.38. The van der Waals surface area contributed by atoms with Crippen molar-refractivity contribution in [1.82, 2.24) is 4.90 Å². The normalized spacial score (nSPS) is 12.6. The number of carboxylic acid groups (broad SMARTS) is 1. The number of nitrogens with zero attached hydrogens (tertiary/aromatic N) is 1. The molecule has 0 saturated carbocycles. The molecule has 1 aliphatic rings. The molecule has 1 heterocycles. The predicted molar refractivity (Wildman–Crippen MR) is 134 cm³/mol. The van der Waals surface area contributed by atoms with Crippen LogP contribution in [0.25, 0.3) is 11.1 Å². The Morgan fingerprint density at radius 1 is 1.00 bits per heavy atom. The van der Waals surface area contributed by atoms with Crippen molar-refractivity contribution in [3.05, 3.63) is 77.4 Å². The highest BCUT2D eigenvalue weighted by molar-refractivity contribution is 6.01. The first-order valence-corrected chi connectivity index (χ1v) is 11.3. The van der Waals surface area contributed by atoms with Gasteiger partial charge in [0.2, 0.25) is 0 Å². The summed E-state index contributed by atoms with van der Waals surface area (Å²) in [4.78, 5) is 37.6. The molecule has 0 spiro atoms. The van der Waals surface area contributed by atoms with Gasteiger partial charge >= 0.3 is 12.0 Å². The fourth-order valence-electron chi connectivity index (χ4n) is 4.11. The number of aliphatic carboxylic acids is 1. The lowest BCUT2D eigenvalue weighted by molar-refractivity contribution is -0.137. The van der Waals surface area contributed by atoms with E-state index >= 15 is 0 Å². The first-order chi connectivity index (χ1) is 16.8. The second kappa shape index (κ2) is 10.3. The van der Waals surface area contributed by atoms with E-state index in [0.717, 1.165) is 22.3 Å². The van der Waals surface area contributed by atoms with Gasteiger partial charge in [-0.25, -0.2) is 4.79 Å². The van der Waals surface area contributed by atoms with Crippen LogP contribution in [0.3, 0.4) is 0 Å². The predicted octanol–water partition coefficient (Wildman–Crippen LogP) is 4.79. The molecule has 3 amide bonds. The van der Waals surface area contributed by atoms with E-state index in [1.165, 1.54) is 0 Å². The Balaban J connectivity index is 1.42. The number of aryl methyl sites for hydroxylation is 1. The van der Waals surface area contributed by atoms with E-state index in [0.29, 0.717) is 35.7 Å². The second-order valence-electron chi connectivity index (χ2n) is 8.42. The van der Waals surface area contributed by atoms with Gasteiger partial charge in [-0.3, -0.25) is 9.59 Å². The average molecular weight is 474 g/mol. The number of anilines is 2. The fraction of sp³-hybridized carbons (Fsp3) is 0.222. The van der Waals surface area contributed by atoms with Crippen molar-refractivity contribution in [3.8, 4) is 16.9 Å². The molecule has 35 heavy (non-hydrogen) atoms. The first-order valence-electron chi connectivity index (χ1n) is 11.3. The molecule has 1 aliphatic heterocycles. The summed E-state index contributed by atoms with van der Waals surface area (Å²) in [7, 11) is 1.55. The number of hydrogen-bond acceptors (Lipinski definition) is 4. The molecule has 180 valence electrons. The first kappa shape index (κ1) is 23.8. The number of fused-ring (bicyclic) bond motifs is 1. The van der Waals surface area contributed by atoms with E-state index in [1.807, 2.05) is 55.5 Å². The SMILES string of the molecule is COc1ccc(C)cc1NC(=O)Nc1ccc(-c2ccc3c(c2)CCN(CCC(=O)O)C3=O)cc1. The number of carbonyl (C=O) groups excluding carboxylic acids is 2. The molecule has 3 aromatic rings. The van der Waals surface area contributed by atoms with E-state index in [4.69, 9.17) is 9.84 Å². The van der Waals surface area contributed by atoms with Crippen LogP contribution in [0.2, 0.25) is 0 Å². The maximum absolute atomic E-state index is 12.7. The van der Waals surface area contributed by atoms with Gasteiger partial charge in [0.1, 0.15) is 5.75 Å². The van der Waals surface area contributed by atoms with Crippen molar-refractivity contribution in [2.24, 2.45) is 0 Å². The number of nitrogens with one attached hydrogen (secondary N) is 2. The van der Waals surface area contributed by atoms with E-state index in [9.17, 15) is 14.4 Å². The Bertz CT molecular complexity index is 1270. The number of carbonyl (C=O) groups is 3. The largest absolute Gasteiger partial charge is 0.495 e. The van der Waals surface area contributed by atoms with Gasteiger partial charge in [-0.15, -0.1) is 0 Å². The molecule has 0 bridgehead atoms. The number of amides is 3. The maximum Gasteiger partial charge on any atom is 0.323 e. The Labute approximate surface area is 203 Å². The quantitative estimate of drug-likeness (QED) is 0.457. The van der Waals surface area contributed by atoms with Gasteiger partial charge in [-0.1, -0.05) is 30.3 Å². The molecule has 8 heteroatoms. The summed E-state index contributed by atoms with van der Waals surface area (Å²) in [6.45, 7) is 2.66. The van der Waals surface area contributed by atoms with E-state index in [1.54, 1.807) is 24.1 Å². The van der Waals surface area contributed by atoms with Gasteiger partial charge in [0.15, 0.2) is 0 Å². The van der Waals surface area contributed by atoms with Crippen LogP contribution in [0, 0.1) is 6.92 Å². The molecule has 0 saturated heterocycles. The zero-order valence-electron chi connectivity index (χ0n) is 19.6. The van der Waals surface area contributed by atoms with Crippen LogP contribution in [-0.2, 0) is 11.2 Å². The topological polar surface area (TPSA) is 108 Å². The second-order valence-corrected chi connectivity index (χ2v) is 8.42. The number of ether oxygens (including phenoxy) is 1. The minimum Gasteiger partial charge on any atom is -0.495 e. The summed E-state index contributed by atoms with van der Waals surface area (Å²) in [5.41, 5.74) is 5.73. The van der Waals surface area contributed by atoms with Gasteiger partial charge in [-0.05, 0) is 65.9 Å². The summed E-state index contributed by atoms with van der Waals surface area (Å²) >= 11 is 0. The van der Waals surface area contributed by atoms with Crippen molar-refractivity contribution in [2.75, 3.05) is 30.8 Å². The van der Waals surface area contributed by atoms with E-state index in [2.05, 4.69) is 10.6 Å². The number of carboxylic acids is 1. The Morgan fingerprint density at radius 3 is 2.46 bits per heavy atom. The number of rotatable bonds is 7. The van der Waals surface area contributed by atoms with Crippen molar-refractivity contribution in [2.45, 2.75) is 19.8 Å². The minimum atomic E-state index is -0.913. The molecule has 0 unspecified atom stereocenters. The number of urea groups is 1. The van der Waals surface area contributed by atoms with Gasteiger partial charge in [0, 0.05) is 24.3 Å². The Kier molecular flexibility index (Phi) is 7.01. The van der Waals surface area contributed by atoms with Gasteiger partial charge < -0.3 is 25.4 Å². The molecular formula is C27H27N3O5. The Hall–Kier alpha value is -4.33. The average Bonchev–Trinajstić information content (AvgIpc) is 2.84. The summed E-state index contributed by atoms with van der Waals surface area (Å²) in [5.74, 6) is -0.462. The van der Waals surface area contributed by atoms with Crippen LogP contribution in [0.15, 0.2) is 60.7 Å². The van der Waals surface area contributed by atoms with Gasteiger partial charge in [0.25, 0.3) is 5.91 Å². The molecule has 0 aliphatic carbocycles. The standard InChI is InChI=1S/C27H27N3O5/c1-17-3-10-24(35-2)23(15-17)29-27(34)28-21-7-4-18(5-8-21)19-6-9-22-20(16-19)11-13-30(26(22)33)14-12-25(31)32/h3-10,15-16H,11-14H2,1-2H3,(H,31,32)(H2,28,29,34). The third kappa shape index (κ3) is 5.60. The minimum absolute atomic E-state index is 0.0594. The van der Waals surface area contributed by atoms with Crippen molar-refractivity contribution in [1.29, 1.82) is 0 Å². The third-order valence-electron chi connectivity index (χ3n) is 5.95. The van der Waals surface area contributed by atoms with E-state index in [-0.39, 0.29) is 24.9 Å². The zero-order valence-corrected chi connectivity index (χ0v) is 19.6. The summed E-state index contributed by atoms with van der Waals surface area (Å²) in [5, 5.41) is 14.5. The monoisotopic (exact) mass is 473 g/mol. The third-order valence-corrected chi connectivity index (χ3v) is 5.95. The molecule has 0 fully saturated rings. The van der Waals surface area contributed by atoms with Crippen LogP contribution < -0.4 is 15.4 Å². The number of benzene rings is 3. The molecule has 0 atom stereocenters. The van der Waals surface area contributed by atoms with Crippen molar-refractivity contribution >= 4 is 29.3 Å². The summed E-state index contributed by atoms with van der Waals surface area (Å²) < 4.78 is 5.30. The lowest BCUT2D eigenvalue weighted by Gasteiger charge is -2.28. The van der Waals surface area contributed by atoms with Crippen LogP contribution in [0.1, 0.15) is 27.9 Å². The van der Waals surface area contributed by atoms with Gasteiger partial charge in [0.05, 0.1) is 19.2 Å². The Morgan fingerprint density at radius 2 is 1.74 bits per heavy atom. The highest BCUT2D eigenvalue weighted by atomic mass is 16.5. The highest BCUT2D eigenvalue weighted by Crippen LogP contribution is 2.28. The van der Waals surface area contributed by atoms with Crippen LogP contribution in [-0.4, -0.2) is 48.1 Å². The molecule has 8 nitrogen and oxygen atoms in total. The number of hydrogen-bond donors (Lipinski definition) is 3. The number of methoxy groups -OCH3 is 1. The van der Waals surface area contributed by atoms with Crippen LogP contribution in [0.4, 0.5) is 16.2 Å². The summed E-state index contributed by atoms with van der Waals surface area (Å²) in [6.07, 6.45) is 0.618.